The van der Waals surface area contributed by atoms with Crippen LogP contribution in [0.2, 0.25) is 0 Å². The van der Waals surface area contributed by atoms with Crippen molar-refractivity contribution in [2.24, 2.45) is 23.7 Å². The van der Waals surface area contributed by atoms with E-state index in [0.717, 1.165) is 108 Å². The van der Waals surface area contributed by atoms with E-state index in [0.29, 0.717) is 37.5 Å². The predicted octanol–water partition coefficient (Wildman–Crippen LogP) is 25.6. The van der Waals surface area contributed by atoms with Crippen molar-refractivity contribution in [2.45, 2.75) is 459 Å². The molecular formula is C85H166O17P2. The highest BCUT2D eigenvalue weighted by Crippen LogP contribution is 2.45. The maximum atomic E-state index is 13.1. The number of esters is 4. The Kier molecular flexibility index (Phi) is 72.5. The van der Waals surface area contributed by atoms with Crippen LogP contribution in [-0.2, 0) is 65.4 Å². The fraction of sp³-hybridized carbons (Fsp3) is 0.953. The van der Waals surface area contributed by atoms with Crippen LogP contribution < -0.4 is 0 Å². The highest BCUT2D eigenvalue weighted by molar-refractivity contribution is 7.47. The molecule has 0 spiro atoms. The summed E-state index contributed by atoms with van der Waals surface area (Å²) in [5.41, 5.74) is 0. The molecule has 104 heavy (non-hydrogen) atoms. The van der Waals surface area contributed by atoms with E-state index in [-0.39, 0.29) is 25.7 Å². The van der Waals surface area contributed by atoms with Gasteiger partial charge in [0.2, 0.25) is 0 Å². The second-order valence-electron chi connectivity index (χ2n) is 32.2. The summed E-state index contributed by atoms with van der Waals surface area (Å²) >= 11 is 0. The lowest BCUT2D eigenvalue weighted by Crippen LogP contribution is -2.30. The summed E-state index contributed by atoms with van der Waals surface area (Å²) in [6, 6.07) is 0. The fourth-order valence-corrected chi connectivity index (χ4v) is 14.7. The fourth-order valence-electron chi connectivity index (χ4n) is 13.1. The van der Waals surface area contributed by atoms with E-state index < -0.39 is 97.5 Å². The lowest BCUT2D eigenvalue weighted by molar-refractivity contribution is -0.161. The molecule has 17 nitrogen and oxygen atoms in total. The summed E-state index contributed by atoms with van der Waals surface area (Å²) in [6.07, 6.45) is 62.8. The van der Waals surface area contributed by atoms with E-state index in [9.17, 15) is 43.2 Å². The molecule has 0 aromatic rings. The quantitative estimate of drug-likeness (QED) is 0.0222. The minimum absolute atomic E-state index is 0.105. The normalized spacial score (nSPS) is 14.2. The minimum atomic E-state index is -4.96. The molecule has 4 unspecified atom stereocenters. The summed E-state index contributed by atoms with van der Waals surface area (Å²) in [5, 5.41) is 10.7. The molecule has 0 aliphatic heterocycles. The van der Waals surface area contributed by atoms with Gasteiger partial charge in [0, 0.05) is 25.7 Å². The minimum Gasteiger partial charge on any atom is -0.462 e. The van der Waals surface area contributed by atoms with Crippen LogP contribution in [0.15, 0.2) is 0 Å². The molecule has 0 rings (SSSR count). The van der Waals surface area contributed by atoms with E-state index in [2.05, 4.69) is 55.4 Å². The summed E-state index contributed by atoms with van der Waals surface area (Å²) in [5.74, 6) is 1.00. The Bertz CT molecular complexity index is 2030. The van der Waals surface area contributed by atoms with Crippen molar-refractivity contribution in [3.05, 3.63) is 0 Å². The second kappa shape index (κ2) is 73.8. The number of ether oxygens (including phenoxy) is 4. The largest absolute Gasteiger partial charge is 0.472 e. The third-order valence-corrected chi connectivity index (χ3v) is 22.1. The average molecular weight is 1520 g/mol. The van der Waals surface area contributed by atoms with Crippen molar-refractivity contribution in [3.63, 3.8) is 0 Å². The Morgan fingerprint density at radius 3 is 0.683 bits per heavy atom. The van der Waals surface area contributed by atoms with Crippen molar-refractivity contribution >= 4 is 39.5 Å². The Morgan fingerprint density at radius 1 is 0.269 bits per heavy atom. The van der Waals surface area contributed by atoms with Crippen LogP contribution in [0.4, 0.5) is 0 Å². The van der Waals surface area contributed by atoms with E-state index in [1.165, 1.54) is 238 Å². The molecule has 0 aliphatic carbocycles. The number of phosphoric acid groups is 2. The summed E-state index contributed by atoms with van der Waals surface area (Å²) in [6.45, 7) is 14.3. The molecule has 0 aliphatic rings. The molecule has 19 heteroatoms. The first-order chi connectivity index (χ1) is 50.1. The molecule has 0 fully saturated rings. The summed E-state index contributed by atoms with van der Waals surface area (Å²) < 4.78 is 68.8. The van der Waals surface area contributed by atoms with E-state index in [4.69, 9.17) is 37.0 Å². The number of hydrogen-bond donors (Lipinski definition) is 3. The Balaban J connectivity index is 5.12. The molecule has 618 valence electrons. The molecule has 0 aromatic carbocycles. The second-order valence-corrected chi connectivity index (χ2v) is 35.2. The Morgan fingerprint density at radius 2 is 0.462 bits per heavy atom. The first-order valence-electron chi connectivity index (χ1n) is 43.7. The number of hydrogen-bond acceptors (Lipinski definition) is 15. The van der Waals surface area contributed by atoms with Gasteiger partial charge in [-0.2, -0.15) is 0 Å². The van der Waals surface area contributed by atoms with E-state index >= 15 is 0 Å². The first kappa shape index (κ1) is 102. The van der Waals surface area contributed by atoms with Gasteiger partial charge in [0.1, 0.15) is 19.3 Å². The number of carbonyl (C=O) groups is 4. The number of carbonyl (C=O) groups excluding carboxylic acids is 4. The molecule has 0 amide bonds. The van der Waals surface area contributed by atoms with Crippen molar-refractivity contribution in [3.8, 4) is 0 Å². The zero-order chi connectivity index (χ0) is 76.7. The van der Waals surface area contributed by atoms with E-state index in [1.807, 2.05) is 0 Å². The number of aliphatic hydroxyl groups is 1. The standard InChI is InChI=1S/C85H166O17P2/c1-9-78(8)64-56-48-40-31-27-23-19-15-11-13-16-20-24-28-32-41-49-57-65-82(87)95-71-80(102-85(90)68-60-52-43-35-34-38-46-54-62-76(4)5)73-99-103(91,92)97-69-79(86)70-98-104(93,94)100-74-81(72-96-83(88)66-58-50-44-36-39-47-55-63-77(6)7)101-84(89)67-59-51-42-33-29-25-21-17-12-10-14-18-22-26-30-37-45-53-61-75(2)3/h75-81,86H,9-74H2,1-8H3,(H,91,92)(H,93,94)/t78?,79?,80-,81-/m1/s1. The molecule has 0 saturated heterocycles. The van der Waals surface area contributed by atoms with Gasteiger partial charge in [0.15, 0.2) is 12.2 Å². The molecular weight excluding hydrogens is 1350 g/mol. The topological polar surface area (TPSA) is 237 Å². The lowest BCUT2D eigenvalue weighted by atomic mass is 9.99. The van der Waals surface area contributed by atoms with Gasteiger partial charge in [0.25, 0.3) is 0 Å². The predicted molar refractivity (Wildman–Crippen MR) is 428 cm³/mol. The Labute approximate surface area is 638 Å². The van der Waals surface area contributed by atoms with Crippen LogP contribution in [0.25, 0.3) is 0 Å². The average Bonchev–Trinajstić information content (AvgIpc) is 0.904. The van der Waals surface area contributed by atoms with Crippen LogP contribution in [0.3, 0.4) is 0 Å². The van der Waals surface area contributed by atoms with Gasteiger partial charge in [0.05, 0.1) is 26.4 Å². The Hall–Kier alpha value is -1.94. The van der Waals surface area contributed by atoms with Crippen molar-refractivity contribution in [2.75, 3.05) is 39.6 Å². The zero-order valence-electron chi connectivity index (χ0n) is 68.7. The summed E-state index contributed by atoms with van der Waals surface area (Å²) in [4.78, 5) is 73.1. The molecule has 0 aromatic heterocycles. The highest BCUT2D eigenvalue weighted by atomic mass is 31.2. The number of rotatable bonds is 82. The monoisotopic (exact) mass is 1520 g/mol. The lowest BCUT2D eigenvalue weighted by Gasteiger charge is -2.21. The van der Waals surface area contributed by atoms with Gasteiger partial charge in [-0.25, -0.2) is 9.13 Å². The number of aliphatic hydroxyl groups excluding tert-OH is 1. The first-order valence-corrected chi connectivity index (χ1v) is 46.7. The molecule has 0 heterocycles. The van der Waals surface area contributed by atoms with E-state index in [1.54, 1.807) is 0 Å². The molecule has 6 atom stereocenters. The van der Waals surface area contributed by atoms with Crippen LogP contribution in [0.1, 0.15) is 441 Å². The molecule has 0 saturated carbocycles. The molecule has 0 radical (unpaired) electrons. The van der Waals surface area contributed by atoms with Crippen LogP contribution in [-0.4, -0.2) is 96.7 Å². The molecule has 3 N–H and O–H groups in total. The molecule has 0 bridgehead atoms. The number of unbranched alkanes of at least 4 members (excludes halogenated alkanes) is 47. The maximum absolute atomic E-state index is 13.1. The van der Waals surface area contributed by atoms with Gasteiger partial charge >= 0.3 is 39.5 Å². The zero-order valence-corrected chi connectivity index (χ0v) is 70.5. The third kappa shape index (κ3) is 76.8. The SMILES string of the molecule is CCC(C)CCCCCCCCCCCCCCCCCCCCC(=O)OC[C@H](COP(=O)(O)OCC(O)COP(=O)(O)OC[C@@H](COC(=O)CCCCCCCCCC(C)C)OC(=O)CCCCCCCCCCCCCCCCCCCCC(C)C)OC(=O)CCCCCCCCCCC(C)C. The van der Waals surface area contributed by atoms with Crippen molar-refractivity contribution in [1.82, 2.24) is 0 Å². The van der Waals surface area contributed by atoms with Crippen LogP contribution >= 0.6 is 15.6 Å². The van der Waals surface area contributed by atoms with Gasteiger partial charge in [-0.15, -0.1) is 0 Å². The van der Waals surface area contributed by atoms with Gasteiger partial charge in [-0.05, 0) is 49.4 Å². The van der Waals surface area contributed by atoms with Gasteiger partial charge < -0.3 is 33.8 Å². The van der Waals surface area contributed by atoms with Gasteiger partial charge in [-0.1, -0.05) is 389 Å². The van der Waals surface area contributed by atoms with Crippen molar-refractivity contribution < 1.29 is 80.2 Å². The third-order valence-electron chi connectivity index (χ3n) is 20.2. The van der Waals surface area contributed by atoms with Gasteiger partial charge in [-0.3, -0.25) is 37.3 Å². The maximum Gasteiger partial charge on any atom is 0.472 e. The van der Waals surface area contributed by atoms with Crippen LogP contribution in [0, 0.1) is 23.7 Å². The smallest absolute Gasteiger partial charge is 0.462 e. The van der Waals surface area contributed by atoms with Crippen LogP contribution in [0.5, 0.6) is 0 Å². The number of phosphoric ester groups is 2. The summed E-state index contributed by atoms with van der Waals surface area (Å²) in [7, 11) is -9.92. The highest BCUT2D eigenvalue weighted by Gasteiger charge is 2.30. The van der Waals surface area contributed by atoms with Crippen molar-refractivity contribution in [1.29, 1.82) is 0 Å².